The zero-order chi connectivity index (χ0) is 18.4. The van der Waals surface area contributed by atoms with Crippen molar-refractivity contribution in [1.29, 1.82) is 0 Å². The SMILES string of the molecule is CCc1ccccc1NC(=O)C[NH+]1CCN(C(=O)c2cccnc2)CC1. The second-order valence-corrected chi connectivity index (χ2v) is 6.52. The summed E-state index contributed by atoms with van der Waals surface area (Å²) in [4.78, 5) is 31.8. The number of aromatic nitrogens is 1. The van der Waals surface area contributed by atoms with Gasteiger partial charge in [0.05, 0.1) is 31.7 Å². The zero-order valence-corrected chi connectivity index (χ0v) is 15.1. The molecule has 1 aliphatic rings. The Morgan fingerprint density at radius 1 is 1.15 bits per heavy atom. The summed E-state index contributed by atoms with van der Waals surface area (Å²) in [6.45, 7) is 5.36. The van der Waals surface area contributed by atoms with Crippen molar-refractivity contribution in [3.8, 4) is 0 Å². The molecule has 0 spiro atoms. The van der Waals surface area contributed by atoms with Crippen LogP contribution in [0.25, 0.3) is 0 Å². The van der Waals surface area contributed by atoms with E-state index in [0.717, 1.165) is 30.8 Å². The molecule has 3 rings (SSSR count). The first-order valence-electron chi connectivity index (χ1n) is 9.08. The summed E-state index contributed by atoms with van der Waals surface area (Å²) in [5.41, 5.74) is 2.65. The van der Waals surface area contributed by atoms with E-state index in [9.17, 15) is 9.59 Å². The predicted molar refractivity (Wildman–Crippen MR) is 100 cm³/mol. The van der Waals surface area contributed by atoms with E-state index in [1.807, 2.05) is 29.2 Å². The molecule has 0 saturated carbocycles. The maximum atomic E-state index is 12.4. The highest BCUT2D eigenvalue weighted by molar-refractivity contribution is 5.94. The molecule has 6 heteroatoms. The van der Waals surface area contributed by atoms with E-state index >= 15 is 0 Å². The van der Waals surface area contributed by atoms with Gasteiger partial charge in [0.15, 0.2) is 6.54 Å². The molecule has 2 N–H and O–H groups in total. The van der Waals surface area contributed by atoms with Crippen LogP contribution >= 0.6 is 0 Å². The fourth-order valence-corrected chi connectivity index (χ4v) is 3.25. The Hall–Kier alpha value is -2.73. The van der Waals surface area contributed by atoms with Gasteiger partial charge < -0.3 is 15.1 Å². The van der Waals surface area contributed by atoms with E-state index in [4.69, 9.17) is 0 Å². The molecular weight excluding hydrogens is 328 g/mol. The van der Waals surface area contributed by atoms with Crippen LogP contribution in [0.5, 0.6) is 0 Å². The number of anilines is 1. The maximum Gasteiger partial charge on any atom is 0.279 e. The Morgan fingerprint density at radius 2 is 1.92 bits per heavy atom. The molecule has 0 bridgehead atoms. The number of nitrogens with zero attached hydrogens (tertiary/aromatic N) is 2. The summed E-state index contributed by atoms with van der Waals surface area (Å²) in [5, 5.41) is 3.02. The van der Waals surface area contributed by atoms with Crippen molar-refractivity contribution in [1.82, 2.24) is 9.88 Å². The van der Waals surface area contributed by atoms with Gasteiger partial charge in [-0.1, -0.05) is 25.1 Å². The maximum absolute atomic E-state index is 12.4. The number of piperazine rings is 1. The molecule has 2 amide bonds. The Labute approximate surface area is 153 Å². The first-order chi connectivity index (χ1) is 12.7. The average Bonchev–Trinajstić information content (AvgIpc) is 2.69. The van der Waals surface area contributed by atoms with Gasteiger partial charge in [-0.15, -0.1) is 0 Å². The largest absolute Gasteiger partial charge is 0.327 e. The molecule has 1 fully saturated rings. The van der Waals surface area contributed by atoms with Crippen molar-refractivity contribution < 1.29 is 14.5 Å². The lowest BCUT2D eigenvalue weighted by molar-refractivity contribution is -0.895. The summed E-state index contributed by atoms with van der Waals surface area (Å²) in [5.74, 6) is 0.0337. The number of benzene rings is 1. The Bertz CT molecular complexity index is 755. The van der Waals surface area contributed by atoms with Gasteiger partial charge in [-0.2, -0.15) is 0 Å². The van der Waals surface area contributed by atoms with Crippen molar-refractivity contribution in [2.45, 2.75) is 13.3 Å². The van der Waals surface area contributed by atoms with Crippen LogP contribution in [0, 0.1) is 0 Å². The number of pyridine rings is 1. The smallest absolute Gasteiger partial charge is 0.279 e. The summed E-state index contributed by atoms with van der Waals surface area (Å²) in [6.07, 6.45) is 4.15. The lowest BCUT2D eigenvalue weighted by Crippen LogP contribution is -3.15. The highest BCUT2D eigenvalue weighted by atomic mass is 16.2. The number of carbonyl (C=O) groups is 2. The fraction of sp³-hybridized carbons (Fsp3) is 0.350. The molecule has 1 aromatic carbocycles. The Kier molecular flexibility index (Phi) is 5.96. The third-order valence-electron chi connectivity index (χ3n) is 4.75. The van der Waals surface area contributed by atoms with Crippen LogP contribution in [0.3, 0.4) is 0 Å². The molecule has 2 aromatic rings. The highest BCUT2D eigenvalue weighted by Gasteiger charge is 2.26. The Morgan fingerprint density at radius 3 is 2.62 bits per heavy atom. The number of nitrogens with one attached hydrogen (secondary N) is 2. The van der Waals surface area contributed by atoms with Crippen LogP contribution in [0.2, 0.25) is 0 Å². The van der Waals surface area contributed by atoms with Crippen LogP contribution in [0.1, 0.15) is 22.8 Å². The monoisotopic (exact) mass is 353 g/mol. The van der Waals surface area contributed by atoms with E-state index in [1.54, 1.807) is 24.5 Å². The number of hydrogen-bond donors (Lipinski definition) is 2. The number of amides is 2. The molecule has 1 aromatic heterocycles. The van der Waals surface area contributed by atoms with Gasteiger partial charge in [-0.3, -0.25) is 14.6 Å². The number of quaternary nitrogens is 1. The summed E-state index contributed by atoms with van der Waals surface area (Å²) in [7, 11) is 0. The van der Waals surface area contributed by atoms with Crippen molar-refractivity contribution in [3.63, 3.8) is 0 Å². The van der Waals surface area contributed by atoms with E-state index < -0.39 is 0 Å². The summed E-state index contributed by atoms with van der Waals surface area (Å²) in [6, 6.07) is 11.4. The van der Waals surface area contributed by atoms with Gasteiger partial charge in [-0.25, -0.2) is 0 Å². The quantitative estimate of drug-likeness (QED) is 0.828. The van der Waals surface area contributed by atoms with Crippen LogP contribution < -0.4 is 10.2 Å². The van der Waals surface area contributed by atoms with Crippen LogP contribution in [-0.2, 0) is 11.2 Å². The van der Waals surface area contributed by atoms with Crippen molar-refractivity contribution in [2.75, 3.05) is 38.0 Å². The molecule has 136 valence electrons. The molecule has 1 saturated heterocycles. The first kappa shape index (κ1) is 18.1. The Balaban J connectivity index is 1.49. The highest BCUT2D eigenvalue weighted by Crippen LogP contribution is 2.14. The number of hydrogen-bond acceptors (Lipinski definition) is 3. The third kappa shape index (κ3) is 4.46. The molecule has 2 heterocycles. The van der Waals surface area contributed by atoms with Crippen LogP contribution in [0.4, 0.5) is 5.69 Å². The molecule has 0 unspecified atom stereocenters. The van der Waals surface area contributed by atoms with E-state index in [0.29, 0.717) is 25.2 Å². The predicted octanol–water partition coefficient (Wildman–Crippen LogP) is 0.623. The van der Waals surface area contributed by atoms with Crippen molar-refractivity contribution in [3.05, 3.63) is 59.9 Å². The zero-order valence-electron chi connectivity index (χ0n) is 15.1. The minimum atomic E-state index is 0.0125. The average molecular weight is 353 g/mol. The lowest BCUT2D eigenvalue weighted by atomic mass is 10.1. The number of rotatable bonds is 5. The standard InChI is InChI=1S/C20H24N4O2/c1-2-16-6-3-4-8-18(16)22-19(25)15-23-10-12-24(13-11-23)20(26)17-7-5-9-21-14-17/h3-9,14H,2,10-13,15H2,1H3,(H,22,25)/p+1. The molecule has 1 aliphatic heterocycles. The topological polar surface area (TPSA) is 66.7 Å². The van der Waals surface area contributed by atoms with Gasteiger partial charge >= 0.3 is 0 Å². The van der Waals surface area contributed by atoms with Crippen molar-refractivity contribution in [2.24, 2.45) is 0 Å². The fourth-order valence-electron chi connectivity index (χ4n) is 3.25. The summed E-state index contributed by atoms with van der Waals surface area (Å²) < 4.78 is 0. The second-order valence-electron chi connectivity index (χ2n) is 6.52. The minimum Gasteiger partial charge on any atom is -0.327 e. The van der Waals surface area contributed by atoms with Gasteiger partial charge in [0.2, 0.25) is 0 Å². The van der Waals surface area contributed by atoms with E-state index in [1.165, 1.54) is 4.90 Å². The molecule has 0 atom stereocenters. The van der Waals surface area contributed by atoms with Gasteiger partial charge in [0, 0.05) is 18.1 Å². The number of carbonyl (C=O) groups excluding carboxylic acids is 2. The van der Waals surface area contributed by atoms with Gasteiger partial charge in [0.25, 0.3) is 11.8 Å². The van der Waals surface area contributed by atoms with E-state index in [2.05, 4.69) is 17.2 Å². The summed E-state index contributed by atoms with van der Waals surface area (Å²) >= 11 is 0. The van der Waals surface area contributed by atoms with Crippen molar-refractivity contribution >= 4 is 17.5 Å². The molecule has 0 radical (unpaired) electrons. The first-order valence-corrected chi connectivity index (χ1v) is 9.08. The molecule has 6 nitrogen and oxygen atoms in total. The number of para-hydroxylation sites is 1. The van der Waals surface area contributed by atoms with Crippen LogP contribution in [-0.4, -0.2) is 54.4 Å². The molecule has 0 aliphatic carbocycles. The molecular formula is C20H25N4O2+. The van der Waals surface area contributed by atoms with Gasteiger partial charge in [-0.05, 0) is 30.2 Å². The normalized spacial score (nSPS) is 14.9. The van der Waals surface area contributed by atoms with Gasteiger partial charge in [0.1, 0.15) is 0 Å². The van der Waals surface area contributed by atoms with Crippen LogP contribution in [0.15, 0.2) is 48.8 Å². The lowest BCUT2D eigenvalue weighted by Gasteiger charge is -2.31. The number of aryl methyl sites for hydroxylation is 1. The molecule has 26 heavy (non-hydrogen) atoms. The minimum absolute atomic E-state index is 0.0125. The van der Waals surface area contributed by atoms with E-state index in [-0.39, 0.29) is 11.8 Å². The third-order valence-corrected chi connectivity index (χ3v) is 4.75. The second kappa shape index (κ2) is 8.58.